The molecule has 0 aliphatic carbocycles. The first-order valence-electron chi connectivity index (χ1n) is 10.7. The molecule has 0 bridgehead atoms. The molecule has 2 saturated heterocycles. The molecular formula is C21H33N7. The van der Waals surface area contributed by atoms with E-state index in [1.54, 1.807) is 6.33 Å². The van der Waals surface area contributed by atoms with Gasteiger partial charge in [0.05, 0.1) is 6.54 Å². The van der Waals surface area contributed by atoms with Crippen LogP contribution in [0.3, 0.4) is 0 Å². The van der Waals surface area contributed by atoms with Gasteiger partial charge in [-0.05, 0) is 19.3 Å². The molecule has 2 fully saturated rings. The molecule has 0 radical (unpaired) electrons. The van der Waals surface area contributed by atoms with Crippen molar-refractivity contribution in [3.63, 3.8) is 0 Å². The maximum absolute atomic E-state index is 4.60. The Balaban J connectivity index is 1.26. The van der Waals surface area contributed by atoms with E-state index in [0.717, 1.165) is 57.2 Å². The van der Waals surface area contributed by atoms with Gasteiger partial charge in [0.1, 0.15) is 18.0 Å². The lowest BCUT2D eigenvalue weighted by atomic mass is 10.0. The Morgan fingerprint density at radius 3 is 2.50 bits per heavy atom. The number of piperazine rings is 1. The second-order valence-electron chi connectivity index (χ2n) is 8.11. The number of piperidine rings is 1. The Kier molecular flexibility index (Phi) is 6.22. The fourth-order valence-electron chi connectivity index (χ4n) is 4.56. The van der Waals surface area contributed by atoms with Crippen LogP contribution in [0.2, 0.25) is 0 Å². The fraction of sp³-hybridized carbons (Fsp3) is 0.667. The molecule has 0 unspecified atom stereocenters. The van der Waals surface area contributed by atoms with E-state index >= 15 is 0 Å². The monoisotopic (exact) mass is 383 g/mol. The van der Waals surface area contributed by atoms with Crippen LogP contribution in [-0.2, 0) is 20.0 Å². The summed E-state index contributed by atoms with van der Waals surface area (Å²) < 4.78 is 2.13. The van der Waals surface area contributed by atoms with Crippen LogP contribution in [0.4, 0.5) is 5.82 Å². The lowest BCUT2D eigenvalue weighted by molar-refractivity contribution is 0.0793. The topological polar surface area (TPSA) is 53.3 Å². The minimum atomic E-state index is 0.711. The number of nitrogens with zero attached hydrogens (tertiary/aromatic N) is 7. The van der Waals surface area contributed by atoms with Crippen LogP contribution in [0.1, 0.15) is 37.6 Å². The molecule has 28 heavy (non-hydrogen) atoms. The van der Waals surface area contributed by atoms with E-state index in [1.165, 1.54) is 31.5 Å². The molecule has 0 N–H and O–H groups in total. The van der Waals surface area contributed by atoms with Gasteiger partial charge in [-0.15, -0.1) is 0 Å². The zero-order valence-corrected chi connectivity index (χ0v) is 17.3. The van der Waals surface area contributed by atoms with Gasteiger partial charge in [0.15, 0.2) is 0 Å². The molecule has 0 atom stereocenters. The third-order valence-corrected chi connectivity index (χ3v) is 6.26. The highest BCUT2D eigenvalue weighted by Gasteiger charge is 2.28. The van der Waals surface area contributed by atoms with Gasteiger partial charge in [-0.2, -0.15) is 0 Å². The van der Waals surface area contributed by atoms with Gasteiger partial charge in [-0.25, -0.2) is 15.0 Å². The van der Waals surface area contributed by atoms with Gasteiger partial charge in [0.25, 0.3) is 0 Å². The molecule has 0 saturated carbocycles. The van der Waals surface area contributed by atoms with Crippen LogP contribution >= 0.6 is 0 Å². The summed E-state index contributed by atoms with van der Waals surface area (Å²) in [6.07, 6.45) is 12.3. The molecular weight excluding hydrogens is 350 g/mol. The minimum absolute atomic E-state index is 0.711. The number of imidazole rings is 1. The minimum Gasteiger partial charge on any atom is -0.356 e. The average molecular weight is 384 g/mol. The van der Waals surface area contributed by atoms with Gasteiger partial charge in [-0.3, -0.25) is 9.80 Å². The van der Waals surface area contributed by atoms with E-state index in [9.17, 15) is 0 Å². The van der Waals surface area contributed by atoms with E-state index in [1.807, 2.05) is 18.6 Å². The lowest BCUT2D eigenvalue weighted by Crippen LogP contribution is -2.53. The standard InChI is InChI=1S/C21H33N7/c1-3-4-18-15-22-17-24-21(18)28-8-5-19(6-9-28)27-13-11-26(12-14-27)16-20-23-7-10-25(20)2/h7,10,15,17,19H,3-6,8-9,11-14,16H2,1-2H3. The largest absolute Gasteiger partial charge is 0.356 e. The maximum Gasteiger partial charge on any atom is 0.135 e. The third-order valence-electron chi connectivity index (χ3n) is 6.26. The van der Waals surface area contributed by atoms with Crippen LogP contribution in [0.15, 0.2) is 24.9 Å². The quantitative estimate of drug-likeness (QED) is 0.760. The highest BCUT2D eigenvalue weighted by molar-refractivity contribution is 5.46. The maximum atomic E-state index is 4.60. The predicted octanol–water partition coefficient (Wildman–Crippen LogP) is 1.95. The number of aromatic nitrogens is 4. The van der Waals surface area contributed by atoms with Crippen LogP contribution in [0.25, 0.3) is 0 Å². The molecule has 0 spiro atoms. The molecule has 0 aromatic carbocycles. The average Bonchev–Trinajstić information content (AvgIpc) is 3.14. The number of anilines is 1. The molecule has 2 aliphatic heterocycles. The van der Waals surface area contributed by atoms with E-state index in [4.69, 9.17) is 0 Å². The van der Waals surface area contributed by atoms with Crippen molar-refractivity contribution in [2.24, 2.45) is 7.05 Å². The molecule has 2 aromatic heterocycles. The summed E-state index contributed by atoms with van der Waals surface area (Å²) >= 11 is 0. The molecule has 4 heterocycles. The van der Waals surface area contributed by atoms with Crippen molar-refractivity contribution in [3.05, 3.63) is 36.3 Å². The summed E-state index contributed by atoms with van der Waals surface area (Å²) in [6.45, 7) is 10.0. The Morgan fingerprint density at radius 1 is 1.04 bits per heavy atom. The number of hydrogen-bond donors (Lipinski definition) is 0. The first-order valence-corrected chi connectivity index (χ1v) is 10.7. The summed E-state index contributed by atoms with van der Waals surface area (Å²) in [7, 11) is 2.08. The number of hydrogen-bond acceptors (Lipinski definition) is 6. The zero-order chi connectivity index (χ0) is 19.3. The van der Waals surface area contributed by atoms with E-state index < -0.39 is 0 Å². The van der Waals surface area contributed by atoms with Crippen LogP contribution in [0, 0.1) is 0 Å². The molecule has 2 aliphatic rings. The molecule has 152 valence electrons. The van der Waals surface area contributed by atoms with Crippen molar-refractivity contribution in [1.82, 2.24) is 29.3 Å². The van der Waals surface area contributed by atoms with Gasteiger partial charge in [0, 0.05) is 76.5 Å². The molecule has 7 nitrogen and oxygen atoms in total. The Hall–Kier alpha value is -1.99. The molecule has 2 aromatic rings. The first kappa shape index (κ1) is 19.3. The normalized spacial score (nSPS) is 20.0. The number of rotatable bonds is 6. The van der Waals surface area contributed by atoms with Crippen LogP contribution in [-0.4, -0.2) is 74.6 Å². The van der Waals surface area contributed by atoms with Crippen molar-refractivity contribution in [1.29, 1.82) is 0 Å². The fourth-order valence-corrected chi connectivity index (χ4v) is 4.56. The smallest absolute Gasteiger partial charge is 0.135 e. The van der Waals surface area contributed by atoms with Crippen LogP contribution in [0.5, 0.6) is 0 Å². The zero-order valence-electron chi connectivity index (χ0n) is 17.3. The first-order chi connectivity index (χ1) is 13.7. The van der Waals surface area contributed by atoms with Gasteiger partial charge < -0.3 is 9.47 Å². The van der Waals surface area contributed by atoms with Crippen LogP contribution < -0.4 is 4.90 Å². The van der Waals surface area contributed by atoms with E-state index in [2.05, 4.69) is 48.2 Å². The SMILES string of the molecule is CCCc1cncnc1N1CCC(N2CCN(Cc3nccn3C)CC2)CC1. The molecule has 7 heteroatoms. The van der Waals surface area contributed by atoms with Crippen molar-refractivity contribution < 1.29 is 0 Å². The Bertz CT molecular complexity index is 743. The second kappa shape index (κ2) is 9.01. The number of aryl methyl sites for hydroxylation is 2. The second-order valence-corrected chi connectivity index (χ2v) is 8.11. The van der Waals surface area contributed by atoms with Gasteiger partial charge >= 0.3 is 0 Å². The van der Waals surface area contributed by atoms with Gasteiger partial charge in [-0.1, -0.05) is 13.3 Å². The van der Waals surface area contributed by atoms with E-state index in [-0.39, 0.29) is 0 Å². The summed E-state index contributed by atoms with van der Waals surface area (Å²) in [5.41, 5.74) is 1.30. The highest BCUT2D eigenvalue weighted by Crippen LogP contribution is 2.25. The third kappa shape index (κ3) is 4.36. The lowest BCUT2D eigenvalue weighted by Gasteiger charge is -2.43. The molecule has 4 rings (SSSR count). The Labute approximate surface area is 168 Å². The predicted molar refractivity (Wildman–Crippen MR) is 111 cm³/mol. The summed E-state index contributed by atoms with van der Waals surface area (Å²) in [5.74, 6) is 2.32. The summed E-state index contributed by atoms with van der Waals surface area (Å²) in [6, 6.07) is 0.711. The van der Waals surface area contributed by atoms with Gasteiger partial charge in [0.2, 0.25) is 0 Å². The van der Waals surface area contributed by atoms with Crippen molar-refractivity contribution in [3.8, 4) is 0 Å². The van der Waals surface area contributed by atoms with E-state index in [0.29, 0.717) is 6.04 Å². The van der Waals surface area contributed by atoms with Crippen molar-refractivity contribution in [2.75, 3.05) is 44.2 Å². The summed E-state index contributed by atoms with van der Waals surface area (Å²) in [4.78, 5) is 21.0. The highest BCUT2D eigenvalue weighted by atomic mass is 15.3. The summed E-state index contributed by atoms with van der Waals surface area (Å²) in [5, 5.41) is 0. The molecule has 0 amide bonds. The Morgan fingerprint density at radius 2 is 1.82 bits per heavy atom. The van der Waals surface area contributed by atoms with Crippen molar-refractivity contribution in [2.45, 2.75) is 45.2 Å². The van der Waals surface area contributed by atoms with Crippen molar-refractivity contribution >= 4 is 5.82 Å².